The molecule has 0 radical (unpaired) electrons. The minimum absolute atomic E-state index is 0.0584. The lowest BCUT2D eigenvalue weighted by atomic mass is 10.2. The predicted octanol–water partition coefficient (Wildman–Crippen LogP) is 3.48. The van der Waals surface area contributed by atoms with E-state index in [0.717, 1.165) is 11.3 Å². The number of thiophene rings is 1. The van der Waals surface area contributed by atoms with Gasteiger partial charge in [-0.25, -0.2) is 4.98 Å². The van der Waals surface area contributed by atoms with Crippen molar-refractivity contribution in [1.29, 1.82) is 0 Å². The molecular formula is C18H17N5O3S2. The largest absolute Gasteiger partial charge is 0.469 e. The fraction of sp³-hybridized carbons (Fsp3) is 0.278. The number of Topliss-reactive ketones (excluding diaryl/α,β-unsaturated/α-hetero) is 1. The van der Waals surface area contributed by atoms with Gasteiger partial charge in [-0.2, -0.15) is 0 Å². The standard InChI is InChI=1S/C18H17N5O3S2/c1-8-13-16(25)19-12(20-17(13)28-14(8)9(2)24)7-27-18-22-21-15(23(18)4)11-5-6-26-10(11)3/h5-6H,7H2,1-4H3,(H,19,20,25). The Morgan fingerprint density at radius 2 is 2.14 bits per heavy atom. The molecule has 0 aromatic carbocycles. The number of carbonyl (C=O) groups is 1. The number of carbonyl (C=O) groups excluding carboxylic acids is 1. The van der Waals surface area contributed by atoms with Crippen molar-refractivity contribution in [1.82, 2.24) is 24.7 Å². The number of aromatic nitrogens is 5. The maximum Gasteiger partial charge on any atom is 0.259 e. The van der Waals surface area contributed by atoms with Crippen molar-refractivity contribution in [2.75, 3.05) is 0 Å². The van der Waals surface area contributed by atoms with Gasteiger partial charge in [0.15, 0.2) is 16.8 Å². The van der Waals surface area contributed by atoms with E-state index in [9.17, 15) is 9.59 Å². The number of ketones is 1. The lowest BCUT2D eigenvalue weighted by Crippen LogP contribution is -2.11. The van der Waals surface area contributed by atoms with Crippen LogP contribution in [0, 0.1) is 13.8 Å². The highest BCUT2D eigenvalue weighted by Gasteiger charge is 2.18. The molecule has 0 aliphatic rings. The molecule has 8 nitrogen and oxygen atoms in total. The molecule has 4 aromatic heterocycles. The smallest absolute Gasteiger partial charge is 0.259 e. The van der Waals surface area contributed by atoms with E-state index in [0.29, 0.717) is 43.2 Å². The summed E-state index contributed by atoms with van der Waals surface area (Å²) in [5.74, 6) is 2.39. The number of rotatable bonds is 5. The van der Waals surface area contributed by atoms with Crippen molar-refractivity contribution >= 4 is 39.1 Å². The van der Waals surface area contributed by atoms with E-state index >= 15 is 0 Å². The molecule has 4 heterocycles. The summed E-state index contributed by atoms with van der Waals surface area (Å²) in [6.07, 6.45) is 1.62. The van der Waals surface area contributed by atoms with Crippen LogP contribution in [0.4, 0.5) is 0 Å². The van der Waals surface area contributed by atoms with E-state index in [1.807, 2.05) is 24.6 Å². The SMILES string of the molecule is CC(=O)c1sc2nc(CSc3nnc(-c4ccoc4C)n3C)[nH]c(=O)c2c1C. The summed E-state index contributed by atoms with van der Waals surface area (Å²) in [5, 5.41) is 9.65. The first kappa shape index (κ1) is 18.6. The van der Waals surface area contributed by atoms with Gasteiger partial charge in [0.25, 0.3) is 5.56 Å². The van der Waals surface area contributed by atoms with Gasteiger partial charge in [0.05, 0.1) is 27.8 Å². The molecule has 0 saturated carbocycles. The van der Waals surface area contributed by atoms with E-state index in [1.165, 1.54) is 30.0 Å². The van der Waals surface area contributed by atoms with Gasteiger partial charge in [-0.15, -0.1) is 21.5 Å². The lowest BCUT2D eigenvalue weighted by Gasteiger charge is -2.03. The van der Waals surface area contributed by atoms with E-state index in [1.54, 1.807) is 13.2 Å². The number of aryl methyl sites for hydroxylation is 2. The molecule has 0 atom stereocenters. The van der Waals surface area contributed by atoms with Crippen LogP contribution in [-0.2, 0) is 12.8 Å². The first-order valence-electron chi connectivity index (χ1n) is 8.46. The quantitative estimate of drug-likeness (QED) is 0.393. The number of hydrogen-bond acceptors (Lipinski definition) is 8. The van der Waals surface area contributed by atoms with Crippen LogP contribution in [0.3, 0.4) is 0 Å². The number of furan rings is 1. The number of H-pyrrole nitrogens is 1. The van der Waals surface area contributed by atoms with Crippen LogP contribution >= 0.6 is 23.1 Å². The van der Waals surface area contributed by atoms with Gasteiger partial charge in [0.1, 0.15) is 16.4 Å². The van der Waals surface area contributed by atoms with Crippen LogP contribution in [0.15, 0.2) is 26.7 Å². The third-order valence-corrected chi connectivity index (χ3v) is 6.76. The molecule has 0 spiro atoms. The van der Waals surface area contributed by atoms with Crippen molar-refractivity contribution in [2.45, 2.75) is 31.7 Å². The molecule has 28 heavy (non-hydrogen) atoms. The van der Waals surface area contributed by atoms with Crippen molar-refractivity contribution in [2.24, 2.45) is 7.05 Å². The number of aromatic amines is 1. The molecule has 0 fully saturated rings. The highest BCUT2D eigenvalue weighted by Crippen LogP contribution is 2.29. The van der Waals surface area contributed by atoms with Crippen LogP contribution in [-0.4, -0.2) is 30.5 Å². The number of nitrogens with one attached hydrogen (secondary N) is 1. The van der Waals surface area contributed by atoms with Gasteiger partial charge in [0, 0.05) is 7.05 Å². The van der Waals surface area contributed by atoms with Crippen LogP contribution in [0.5, 0.6) is 0 Å². The Morgan fingerprint density at radius 1 is 1.36 bits per heavy atom. The Morgan fingerprint density at radius 3 is 2.82 bits per heavy atom. The molecule has 0 saturated heterocycles. The van der Waals surface area contributed by atoms with Crippen molar-refractivity contribution in [3.05, 3.63) is 44.7 Å². The van der Waals surface area contributed by atoms with Crippen LogP contribution in [0.1, 0.15) is 33.7 Å². The zero-order valence-corrected chi connectivity index (χ0v) is 17.3. The number of thioether (sulfide) groups is 1. The minimum Gasteiger partial charge on any atom is -0.469 e. The van der Waals surface area contributed by atoms with Gasteiger partial charge < -0.3 is 14.0 Å². The molecular weight excluding hydrogens is 398 g/mol. The Kier molecular flexibility index (Phi) is 4.68. The Bertz CT molecular complexity index is 1260. The fourth-order valence-corrected chi connectivity index (χ4v) is 4.89. The zero-order valence-electron chi connectivity index (χ0n) is 15.7. The normalized spacial score (nSPS) is 11.4. The topological polar surface area (TPSA) is 107 Å². The van der Waals surface area contributed by atoms with E-state index in [4.69, 9.17) is 4.42 Å². The Balaban J connectivity index is 1.62. The number of fused-ring (bicyclic) bond motifs is 1. The molecule has 10 heteroatoms. The average molecular weight is 416 g/mol. The molecule has 0 bridgehead atoms. The van der Waals surface area contributed by atoms with E-state index in [2.05, 4.69) is 20.2 Å². The Labute approximate surface area is 168 Å². The number of hydrogen-bond donors (Lipinski definition) is 1. The summed E-state index contributed by atoms with van der Waals surface area (Å²) < 4.78 is 7.21. The summed E-state index contributed by atoms with van der Waals surface area (Å²) in [6, 6.07) is 1.85. The summed E-state index contributed by atoms with van der Waals surface area (Å²) in [4.78, 5) is 32.7. The maximum absolute atomic E-state index is 12.5. The molecule has 1 N–H and O–H groups in total. The zero-order chi connectivity index (χ0) is 20.0. The van der Waals surface area contributed by atoms with Gasteiger partial charge >= 0.3 is 0 Å². The van der Waals surface area contributed by atoms with Crippen LogP contribution in [0.25, 0.3) is 21.6 Å². The van der Waals surface area contributed by atoms with Gasteiger partial charge in [-0.05, 0) is 32.4 Å². The molecule has 0 aliphatic heterocycles. The van der Waals surface area contributed by atoms with Crippen molar-refractivity contribution in [3.63, 3.8) is 0 Å². The second-order valence-electron chi connectivity index (χ2n) is 6.35. The molecule has 4 rings (SSSR count). The van der Waals surface area contributed by atoms with Crippen molar-refractivity contribution < 1.29 is 9.21 Å². The molecule has 0 unspecified atom stereocenters. The molecule has 0 aliphatic carbocycles. The van der Waals surface area contributed by atoms with Gasteiger partial charge in [-0.3, -0.25) is 9.59 Å². The van der Waals surface area contributed by atoms with Gasteiger partial charge in [-0.1, -0.05) is 11.8 Å². The van der Waals surface area contributed by atoms with Gasteiger partial charge in [0.2, 0.25) is 0 Å². The van der Waals surface area contributed by atoms with Crippen LogP contribution in [0.2, 0.25) is 0 Å². The molecule has 0 amide bonds. The third-order valence-electron chi connectivity index (χ3n) is 4.44. The summed E-state index contributed by atoms with van der Waals surface area (Å²) in [7, 11) is 1.88. The summed E-state index contributed by atoms with van der Waals surface area (Å²) >= 11 is 2.68. The first-order chi connectivity index (χ1) is 13.4. The predicted molar refractivity (Wildman–Crippen MR) is 108 cm³/mol. The number of nitrogens with zero attached hydrogens (tertiary/aromatic N) is 4. The lowest BCUT2D eigenvalue weighted by molar-refractivity contribution is 0.102. The van der Waals surface area contributed by atoms with E-state index in [-0.39, 0.29) is 11.3 Å². The first-order valence-corrected chi connectivity index (χ1v) is 10.3. The maximum atomic E-state index is 12.5. The summed E-state index contributed by atoms with van der Waals surface area (Å²) in [6.45, 7) is 5.15. The van der Waals surface area contributed by atoms with Crippen LogP contribution < -0.4 is 5.56 Å². The molecule has 4 aromatic rings. The van der Waals surface area contributed by atoms with Crippen molar-refractivity contribution in [3.8, 4) is 11.4 Å². The minimum atomic E-state index is -0.227. The Hall–Kier alpha value is -2.72. The average Bonchev–Trinajstić information content (AvgIpc) is 3.31. The third kappa shape index (κ3) is 3.08. The second kappa shape index (κ2) is 7.02. The highest BCUT2D eigenvalue weighted by atomic mass is 32.2. The van der Waals surface area contributed by atoms with E-state index < -0.39 is 0 Å². The fourth-order valence-electron chi connectivity index (χ4n) is 3.02. The summed E-state index contributed by atoms with van der Waals surface area (Å²) in [5.41, 5.74) is 1.35. The highest BCUT2D eigenvalue weighted by molar-refractivity contribution is 7.98. The second-order valence-corrected chi connectivity index (χ2v) is 8.29. The monoisotopic (exact) mass is 415 g/mol. The molecule has 144 valence electrons.